The first kappa shape index (κ1) is 13.9. The molecule has 1 aliphatic heterocycles. The van der Waals surface area contributed by atoms with Crippen LogP contribution in [0.25, 0.3) is 0 Å². The molecule has 0 aliphatic carbocycles. The van der Waals surface area contributed by atoms with Gasteiger partial charge in [0.2, 0.25) is 0 Å². The van der Waals surface area contributed by atoms with E-state index >= 15 is 0 Å². The molecule has 0 radical (unpaired) electrons. The van der Waals surface area contributed by atoms with Crippen LogP contribution in [0, 0.1) is 12.3 Å². The second-order valence-electron chi connectivity index (χ2n) is 6.18. The fraction of sp³-hybridized carbons (Fsp3) is 0.533. The van der Waals surface area contributed by atoms with Gasteiger partial charge in [0.05, 0.1) is 0 Å². The number of carbonyl (C=O) groups is 1. The number of nitrogens with zero attached hydrogens (tertiary/aromatic N) is 1. The summed E-state index contributed by atoms with van der Waals surface area (Å²) in [4.78, 5) is 14.5. The molecular formula is C15H23N3O. The van der Waals surface area contributed by atoms with Crippen LogP contribution in [0.15, 0.2) is 18.2 Å². The number of nitrogen functional groups attached to an aromatic ring is 1. The minimum absolute atomic E-state index is 0.0395. The van der Waals surface area contributed by atoms with Gasteiger partial charge in [0.1, 0.15) is 0 Å². The van der Waals surface area contributed by atoms with Crippen molar-refractivity contribution in [2.45, 2.75) is 33.2 Å². The van der Waals surface area contributed by atoms with Crippen molar-refractivity contribution in [3.05, 3.63) is 29.3 Å². The summed E-state index contributed by atoms with van der Waals surface area (Å²) in [5.41, 5.74) is 14.1. The number of benzene rings is 1. The van der Waals surface area contributed by atoms with Crippen LogP contribution < -0.4 is 11.5 Å². The molecule has 0 saturated carbocycles. The monoisotopic (exact) mass is 261 g/mol. The summed E-state index contributed by atoms with van der Waals surface area (Å²) >= 11 is 0. The molecule has 2 rings (SSSR count). The molecule has 1 aromatic carbocycles. The first-order valence-electron chi connectivity index (χ1n) is 6.72. The molecule has 4 heteroatoms. The Morgan fingerprint density at radius 1 is 1.42 bits per heavy atom. The number of anilines is 1. The Labute approximate surface area is 114 Å². The lowest BCUT2D eigenvalue weighted by Gasteiger charge is -2.42. The number of carbonyl (C=O) groups excluding carboxylic acids is 1. The molecule has 0 aromatic heterocycles. The second-order valence-corrected chi connectivity index (χ2v) is 6.18. The van der Waals surface area contributed by atoms with Crippen LogP contribution in [0.1, 0.15) is 36.2 Å². The van der Waals surface area contributed by atoms with E-state index in [-0.39, 0.29) is 17.4 Å². The smallest absolute Gasteiger partial charge is 0.254 e. The SMILES string of the molecule is Cc1ccc(N)cc1C(=O)N1CCC(N)C(C)(C)C1. The van der Waals surface area contributed by atoms with Crippen LogP contribution >= 0.6 is 0 Å². The molecule has 0 spiro atoms. The van der Waals surface area contributed by atoms with E-state index in [9.17, 15) is 4.79 Å². The Bertz CT molecular complexity index is 496. The standard InChI is InChI=1S/C15H23N3O/c1-10-4-5-11(16)8-12(10)14(19)18-7-6-13(17)15(2,3)9-18/h4-5,8,13H,6-7,9,16-17H2,1-3H3. The molecule has 1 aromatic rings. The zero-order valence-corrected chi connectivity index (χ0v) is 11.9. The molecule has 1 heterocycles. The third kappa shape index (κ3) is 2.73. The fourth-order valence-corrected chi connectivity index (χ4v) is 2.59. The Morgan fingerprint density at radius 2 is 2.11 bits per heavy atom. The summed E-state index contributed by atoms with van der Waals surface area (Å²) in [7, 11) is 0. The molecule has 1 saturated heterocycles. The number of hydrogen-bond acceptors (Lipinski definition) is 3. The van der Waals surface area contributed by atoms with Gasteiger partial charge in [-0.3, -0.25) is 4.79 Å². The van der Waals surface area contributed by atoms with Crippen LogP contribution in [0.3, 0.4) is 0 Å². The van der Waals surface area contributed by atoms with Gasteiger partial charge in [0, 0.05) is 30.4 Å². The maximum absolute atomic E-state index is 12.6. The summed E-state index contributed by atoms with van der Waals surface area (Å²) in [5.74, 6) is 0.0600. The van der Waals surface area contributed by atoms with Gasteiger partial charge in [0.25, 0.3) is 5.91 Å². The van der Waals surface area contributed by atoms with Crippen molar-refractivity contribution in [3.63, 3.8) is 0 Å². The molecule has 1 fully saturated rings. The van der Waals surface area contributed by atoms with Gasteiger partial charge in [-0.25, -0.2) is 0 Å². The van der Waals surface area contributed by atoms with Gasteiger partial charge in [-0.1, -0.05) is 19.9 Å². The number of aryl methyl sites for hydroxylation is 1. The normalized spacial score (nSPS) is 22.3. The lowest BCUT2D eigenvalue weighted by atomic mass is 9.79. The zero-order chi connectivity index (χ0) is 14.2. The van der Waals surface area contributed by atoms with Crippen molar-refractivity contribution in [1.29, 1.82) is 0 Å². The predicted molar refractivity (Wildman–Crippen MR) is 77.9 cm³/mol. The van der Waals surface area contributed by atoms with Gasteiger partial charge >= 0.3 is 0 Å². The molecule has 4 N–H and O–H groups in total. The van der Waals surface area contributed by atoms with Crippen molar-refractivity contribution in [3.8, 4) is 0 Å². The maximum atomic E-state index is 12.6. The van der Waals surface area contributed by atoms with Crippen LogP contribution in [0.2, 0.25) is 0 Å². The molecule has 19 heavy (non-hydrogen) atoms. The zero-order valence-electron chi connectivity index (χ0n) is 11.9. The number of amides is 1. The molecular weight excluding hydrogens is 238 g/mol. The molecule has 1 atom stereocenters. The van der Waals surface area contributed by atoms with Gasteiger partial charge in [-0.15, -0.1) is 0 Å². The van der Waals surface area contributed by atoms with E-state index in [1.165, 1.54) is 0 Å². The minimum Gasteiger partial charge on any atom is -0.399 e. The van der Waals surface area contributed by atoms with Crippen LogP contribution in [-0.4, -0.2) is 29.9 Å². The molecule has 1 unspecified atom stereocenters. The third-order valence-electron chi connectivity index (χ3n) is 4.09. The number of piperidine rings is 1. The van der Waals surface area contributed by atoms with Gasteiger partial charge in [-0.2, -0.15) is 0 Å². The van der Waals surface area contributed by atoms with Gasteiger partial charge < -0.3 is 16.4 Å². The second kappa shape index (κ2) is 4.85. The number of rotatable bonds is 1. The fourth-order valence-electron chi connectivity index (χ4n) is 2.59. The van der Waals surface area contributed by atoms with Crippen LogP contribution in [-0.2, 0) is 0 Å². The lowest BCUT2D eigenvalue weighted by molar-refractivity contribution is 0.0532. The number of nitrogens with two attached hydrogens (primary N) is 2. The lowest BCUT2D eigenvalue weighted by Crippen LogP contribution is -2.54. The van der Waals surface area contributed by atoms with Crippen molar-refractivity contribution in [2.75, 3.05) is 18.8 Å². The molecule has 0 bridgehead atoms. The Balaban J connectivity index is 2.23. The Morgan fingerprint density at radius 3 is 2.74 bits per heavy atom. The van der Waals surface area contributed by atoms with Crippen molar-refractivity contribution < 1.29 is 4.79 Å². The van der Waals surface area contributed by atoms with E-state index < -0.39 is 0 Å². The predicted octanol–water partition coefficient (Wildman–Crippen LogP) is 1.78. The van der Waals surface area contributed by atoms with E-state index in [0.29, 0.717) is 17.8 Å². The largest absolute Gasteiger partial charge is 0.399 e. The molecule has 1 amide bonds. The van der Waals surface area contributed by atoms with Crippen molar-refractivity contribution in [2.24, 2.45) is 11.1 Å². The van der Waals surface area contributed by atoms with Crippen molar-refractivity contribution >= 4 is 11.6 Å². The topological polar surface area (TPSA) is 72.4 Å². The maximum Gasteiger partial charge on any atom is 0.254 e. The highest BCUT2D eigenvalue weighted by molar-refractivity contribution is 5.96. The highest BCUT2D eigenvalue weighted by Crippen LogP contribution is 2.29. The summed E-state index contributed by atoms with van der Waals surface area (Å²) in [6.45, 7) is 7.58. The molecule has 1 aliphatic rings. The average Bonchev–Trinajstić information content (AvgIpc) is 2.35. The van der Waals surface area contributed by atoms with Crippen LogP contribution in [0.5, 0.6) is 0 Å². The highest BCUT2D eigenvalue weighted by atomic mass is 16.2. The van der Waals surface area contributed by atoms with E-state index in [4.69, 9.17) is 11.5 Å². The first-order valence-corrected chi connectivity index (χ1v) is 6.72. The average molecular weight is 261 g/mol. The van der Waals surface area contributed by atoms with Crippen LogP contribution in [0.4, 0.5) is 5.69 Å². The highest BCUT2D eigenvalue weighted by Gasteiger charge is 2.35. The van der Waals surface area contributed by atoms with E-state index in [2.05, 4.69) is 13.8 Å². The number of likely N-dealkylation sites (tertiary alicyclic amines) is 1. The Hall–Kier alpha value is -1.55. The molecule has 104 valence electrons. The summed E-state index contributed by atoms with van der Waals surface area (Å²) in [6, 6.07) is 5.63. The minimum atomic E-state index is -0.0395. The Kier molecular flexibility index (Phi) is 3.54. The van der Waals surface area contributed by atoms with Gasteiger partial charge in [-0.05, 0) is 36.5 Å². The summed E-state index contributed by atoms with van der Waals surface area (Å²) in [6.07, 6.45) is 0.847. The molecule has 4 nitrogen and oxygen atoms in total. The quantitative estimate of drug-likeness (QED) is 0.757. The third-order valence-corrected chi connectivity index (χ3v) is 4.09. The summed E-state index contributed by atoms with van der Waals surface area (Å²) < 4.78 is 0. The summed E-state index contributed by atoms with van der Waals surface area (Å²) in [5, 5.41) is 0. The van der Waals surface area contributed by atoms with E-state index in [1.807, 2.05) is 24.0 Å². The van der Waals surface area contributed by atoms with Gasteiger partial charge in [0.15, 0.2) is 0 Å². The number of hydrogen-bond donors (Lipinski definition) is 2. The first-order chi connectivity index (χ1) is 8.81. The van der Waals surface area contributed by atoms with E-state index in [1.54, 1.807) is 6.07 Å². The van der Waals surface area contributed by atoms with E-state index in [0.717, 1.165) is 18.5 Å². The van der Waals surface area contributed by atoms with Crippen molar-refractivity contribution in [1.82, 2.24) is 4.90 Å².